The molecule has 2 heterocycles. The van der Waals surface area contributed by atoms with Crippen LogP contribution in [0.3, 0.4) is 0 Å². The summed E-state index contributed by atoms with van der Waals surface area (Å²) in [6, 6.07) is 7.15. The van der Waals surface area contributed by atoms with Gasteiger partial charge in [0.25, 0.3) is 5.91 Å². The van der Waals surface area contributed by atoms with E-state index in [0.717, 1.165) is 24.9 Å². The van der Waals surface area contributed by atoms with Crippen molar-refractivity contribution in [2.24, 2.45) is 5.92 Å². The van der Waals surface area contributed by atoms with E-state index in [1.807, 2.05) is 17.0 Å². The van der Waals surface area contributed by atoms with Crippen molar-refractivity contribution in [2.45, 2.75) is 31.7 Å². The number of morpholine rings is 1. The number of ether oxygens (including phenoxy) is 1. The third-order valence-electron chi connectivity index (χ3n) is 5.29. The van der Waals surface area contributed by atoms with Crippen molar-refractivity contribution in [3.8, 4) is 5.69 Å². The number of carbonyl (C=O) groups is 2. The molecule has 2 aromatic rings. The number of amides is 1. The van der Waals surface area contributed by atoms with Gasteiger partial charge in [0.2, 0.25) is 0 Å². The van der Waals surface area contributed by atoms with Gasteiger partial charge >= 0.3 is 0 Å². The predicted octanol–water partition coefficient (Wildman–Crippen LogP) is 1.87. The molecule has 1 saturated heterocycles. The highest BCUT2D eigenvalue weighted by atomic mass is 16.5. The van der Waals surface area contributed by atoms with E-state index in [9.17, 15) is 9.59 Å². The largest absolute Gasteiger partial charge is 0.377 e. The van der Waals surface area contributed by atoms with Crippen molar-refractivity contribution >= 4 is 11.7 Å². The Morgan fingerprint density at radius 2 is 2.04 bits per heavy atom. The molecule has 0 bridgehead atoms. The molecule has 7 heteroatoms. The number of aromatic nitrogens is 3. The molecule has 4 rings (SSSR count). The van der Waals surface area contributed by atoms with Gasteiger partial charge in [-0.25, -0.2) is 4.68 Å². The van der Waals surface area contributed by atoms with E-state index < -0.39 is 0 Å². The lowest BCUT2D eigenvalue weighted by molar-refractivity contribution is -0.129. The minimum atomic E-state index is -0.154. The lowest BCUT2D eigenvalue weighted by Gasteiger charge is -2.40. The first-order valence-corrected chi connectivity index (χ1v) is 9.12. The topological polar surface area (TPSA) is 77.3 Å². The van der Waals surface area contributed by atoms with Crippen molar-refractivity contribution in [1.29, 1.82) is 0 Å². The summed E-state index contributed by atoms with van der Waals surface area (Å²) in [5.74, 6) is 0.135. The average molecular weight is 354 g/mol. The SMILES string of the molecule is O=C1CCCCC1C1COCCN1C(=O)c1ccc(-n2ccnn2)cc1. The molecule has 0 spiro atoms. The summed E-state index contributed by atoms with van der Waals surface area (Å²) < 4.78 is 7.25. The van der Waals surface area contributed by atoms with E-state index in [2.05, 4.69) is 10.3 Å². The van der Waals surface area contributed by atoms with Crippen LogP contribution in [0.4, 0.5) is 0 Å². The maximum Gasteiger partial charge on any atom is 0.254 e. The van der Waals surface area contributed by atoms with Gasteiger partial charge in [-0.05, 0) is 37.1 Å². The number of hydrogen-bond donors (Lipinski definition) is 0. The lowest BCUT2D eigenvalue weighted by Crippen LogP contribution is -2.54. The molecule has 26 heavy (non-hydrogen) atoms. The molecule has 2 atom stereocenters. The fourth-order valence-corrected chi connectivity index (χ4v) is 3.89. The minimum absolute atomic E-state index is 0.0400. The number of hydrogen-bond acceptors (Lipinski definition) is 5. The number of carbonyl (C=O) groups excluding carboxylic acids is 2. The third-order valence-corrected chi connectivity index (χ3v) is 5.29. The average Bonchev–Trinajstić information content (AvgIpc) is 3.23. The van der Waals surface area contributed by atoms with Gasteiger partial charge in [0.15, 0.2) is 0 Å². The molecule has 7 nitrogen and oxygen atoms in total. The zero-order valence-corrected chi connectivity index (χ0v) is 14.6. The Hall–Kier alpha value is -2.54. The fourth-order valence-electron chi connectivity index (χ4n) is 3.89. The Morgan fingerprint density at radius 1 is 1.19 bits per heavy atom. The number of rotatable bonds is 3. The van der Waals surface area contributed by atoms with Gasteiger partial charge in [0.05, 0.1) is 37.3 Å². The van der Waals surface area contributed by atoms with Crippen LogP contribution in [0, 0.1) is 5.92 Å². The Bertz CT molecular complexity index is 773. The molecular formula is C19H22N4O3. The number of ketones is 1. The smallest absolute Gasteiger partial charge is 0.254 e. The van der Waals surface area contributed by atoms with Crippen molar-refractivity contribution < 1.29 is 14.3 Å². The Kier molecular flexibility index (Phi) is 4.79. The van der Waals surface area contributed by atoms with Crippen LogP contribution in [-0.4, -0.2) is 57.4 Å². The van der Waals surface area contributed by atoms with Crippen LogP contribution in [0.5, 0.6) is 0 Å². The van der Waals surface area contributed by atoms with Crippen LogP contribution in [0.25, 0.3) is 5.69 Å². The van der Waals surface area contributed by atoms with Gasteiger partial charge in [0.1, 0.15) is 5.78 Å². The summed E-state index contributed by atoms with van der Waals surface area (Å²) in [4.78, 5) is 27.3. The van der Waals surface area contributed by atoms with Crippen LogP contribution in [0.2, 0.25) is 0 Å². The molecule has 1 aromatic heterocycles. The molecule has 2 unspecified atom stereocenters. The molecular weight excluding hydrogens is 332 g/mol. The Balaban J connectivity index is 1.54. The molecule has 1 aromatic carbocycles. The highest BCUT2D eigenvalue weighted by molar-refractivity contribution is 5.95. The molecule has 0 radical (unpaired) electrons. The second-order valence-corrected chi connectivity index (χ2v) is 6.85. The standard InChI is InChI=1S/C19H22N4O3/c24-18-4-2-1-3-16(18)17-13-26-12-11-22(17)19(25)14-5-7-15(8-6-14)23-10-9-20-21-23/h5-10,16-17H,1-4,11-13H2. The number of benzene rings is 1. The van der Waals surface area contributed by atoms with Crippen LogP contribution in [0.1, 0.15) is 36.0 Å². The van der Waals surface area contributed by atoms with Crippen LogP contribution in [-0.2, 0) is 9.53 Å². The zero-order chi connectivity index (χ0) is 17.9. The van der Waals surface area contributed by atoms with Gasteiger partial charge in [-0.1, -0.05) is 11.6 Å². The van der Waals surface area contributed by atoms with E-state index in [-0.39, 0.29) is 23.7 Å². The molecule has 1 amide bonds. The highest BCUT2D eigenvalue weighted by Crippen LogP contribution is 2.29. The van der Waals surface area contributed by atoms with E-state index in [0.29, 0.717) is 31.7 Å². The zero-order valence-electron chi connectivity index (χ0n) is 14.6. The maximum atomic E-state index is 13.1. The summed E-state index contributed by atoms with van der Waals surface area (Å²) in [5.41, 5.74) is 1.46. The summed E-state index contributed by atoms with van der Waals surface area (Å²) in [7, 11) is 0. The van der Waals surface area contributed by atoms with E-state index >= 15 is 0 Å². The first-order valence-electron chi connectivity index (χ1n) is 9.12. The predicted molar refractivity (Wildman–Crippen MR) is 94.0 cm³/mol. The molecule has 1 aliphatic carbocycles. The molecule has 136 valence electrons. The molecule has 1 saturated carbocycles. The lowest BCUT2D eigenvalue weighted by atomic mass is 9.82. The van der Waals surface area contributed by atoms with Gasteiger partial charge in [-0.15, -0.1) is 5.10 Å². The first-order chi connectivity index (χ1) is 12.7. The second kappa shape index (κ2) is 7.37. The summed E-state index contributed by atoms with van der Waals surface area (Å²) >= 11 is 0. The number of nitrogens with zero attached hydrogens (tertiary/aromatic N) is 4. The van der Waals surface area contributed by atoms with E-state index in [1.54, 1.807) is 29.2 Å². The van der Waals surface area contributed by atoms with Crippen LogP contribution < -0.4 is 0 Å². The minimum Gasteiger partial charge on any atom is -0.377 e. The normalized spacial score (nSPS) is 23.8. The van der Waals surface area contributed by atoms with Crippen molar-refractivity contribution in [3.63, 3.8) is 0 Å². The van der Waals surface area contributed by atoms with Gasteiger partial charge in [-0.3, -0.25) is 9.59 Å². The van der Waals surface area contributed by atoms with Crippen molar-refractivity contribution in [3.05, 3.63) is 42.2 Å². The van der Waals surface area contributed by atoms with Crippen molar-refractivity contribution in [1.82, 2.24) is 19.9 Å². The van der Waals surface area contributed by atoms with Crippen molar-refractivity contribution in [2.75, 3.05) is 19.8 Å². The van der Waals surface area contributed by atoms with Crippen LogP contribution in [0.15, 0.2) is 36.7 Å². The fraction of sp³-hybridized carbons (Fsp3) is 0.474. The number of Topliss-reactive ketones (excluding diaryl/α,β-unsaturated/α-hetero) is 1. The van der Waals surface area contributed by atoms with Gasteiger partial charge in [-0.2, -0.15) is 0 Å². The summed E-state index contributed by atoms with van der Waals surface area (Å²) in [5, 5.41) is 7.74. The van der Waals surface area contributed by atoms with Gasteiger partial charge < -0.3 is 9.64 Å². The molecule has 2 aliphatic rings. The monoisotopic (exact) mass is 354 g/mol. The maximum absolute atomic E-state index is 13.1. The first kappa shape index (κ1) is 16.9. The second-order valence-electron chi connectivity index (χ2n) is 6.85. The third kappa shape index (κ3) is 3.26. The van der Waals surface area contributed by atoms with Crippen LogP contribution >= 0.6 is 0 Å². The van der Waals surface area contributed by atoms with E-state index in [1.165, 1.54) is 0 Å². The Labute approximate surface area is 151 Å². The molecule has 1 aliphatic heterocycles. The van der Waals surface area contributed by atoms with E-state index in [4.69, 9.17) is 4.74 Å². The Morgan fingerprint density at radius 3 is 2.77 bits per heavy atom. The highest BCUT2D eigenvalue weighted by Gasteiger charge is 2.38. The summed E-state index contributed by atoms with van der Waals surface area (Å²) in [6.45, 7) is 1.48. The van der Waals surface area contributed by atoms with Gasteiger partial charge in [0, 0.05) is 24.4 Å². The summed E-state index contributed by atoms with van der Waals surface area (Å²) in [6.07, 6.45) is 6.84. The molecule has 2 fully saturated rings. The molecule has 0 N–H and O–H groups in total. The quantitative estimate of drug-likeness (QED) is 0.841.